The fourth-order valence-corrected chi connectivity index (χ4v) is 2.03. The third-order valence-electron chi connectivity index (χ3n) is 2.80. The summed E-state index contributed by atoms with van der Waals surface area (Å²) in [5, 5.41) is 0. The van der Waals surface area contributed by atoms with Crippen LogP contribution in [-0.4, -0.2) is 25.3 Å². The predicted molar refractivity (Wildman–Crippen MR) is 60.0 cm³/mol. The highest BCUT2D eigenvalue weighted by atomic mass is 16.6. The molecule has 0 aromatic heterocycles. The minimum Gasteiger partial charge on any atom is -0.460 e. The second-order valence-corrected chi connectivity index (χ2v) is 4.14. The zero-order valence-electron chi connectivity index (χ0n) is 9.39. The van der Waals surface area contributed by atoms with Gasteiger partial charge in [0.25, 0.3) is 0 Å². The molecule has 0 saturated carbocycles. The van der Waals surface area contributed by atoms with E-state index < -0.39 is 0 Å². The van der Waals surface area contributed by atoms with E-state index in [0.29, 0.717) is 13.2 Å². The average Bonchev–Trinajstić information content (AvgIpc) is 2.66. The first-order chi connectivity index (χ1) is 7.75. The molecule has 0 bridgehead atoms. The van der Waals surface area contributed by atoms with E-state index >= 15 is 0 Å². The zero-order chi connectivity index (χ0) is 11.4. The first-order valence-electron chi connectivity index (χ1n) is 5.54. The lowest BCUT2D eigenvalue weighted by molar-refractivity contribution is -0.147. The summed E-state index contributed by atoms with van der Waals surface area (Å²) in [4.78, 5) is 10.9. The Morgan fingerprint density at radius 3 is 2.81 bits per heavy atom. The zero-order valence-corrected chi connectivity index (χ0v) is 9.39. The summed E-state index contributed by atoms with van der Waals surface area (Å²) in [6.07, 6.45) is 0.816. The largest absolute Gasteiger partial charge is 0.460 e. The van der Waals surface area contributed by atoms with Gasteiger partial charge < -0.3 is 9.47 Å². The van der Waals surface area contributed by atoms with Gasteiger partial charge in [0.15, 0.2) is 0 Å². The quantitative estimate of drug-likeness (QED) is 0.729. The standard InChI is InChI=1S/C13H16O3/c1-10(14)16-13-9-15-8-12(13)7-11-5-3-2-4-6-11/h2-6,12-13H,7-9H2,1H3/t12-,13+/m0/s1. The van der Waals surface area contributed by atoms with Crippen LogP contribution in [-0.2, 0) is 20.7 Å². The van der Waals surface area contributed by atoms with E-state index in [1.165, 1.54) is 12.5 Å². The van der Waals surface area contributed by atoms with E-state index in [4.69, 9.17) is 9.47 Å². The summed E-state index contributed by atoms with van der Waals surface area (Å²) in [5.74, 6) is 0.0554. The minimum atomic E-state index is -0.228. The molecule has 0 spiro atoms. The molecule has 1 fully saturated rings. The lowest BCUT2D eigenvalue weighted by Gasteiger charge is -2.17. The van der Waals surface area contributed by atoms with Crippen molar-refractivity contribution in [1.29, 1.82) is 0 Å². The molecule has 0 amide bonds. The fraction of sp³-hybridized carbons (Fsp3) is 0.462. The number of esters is 1. The molecule has 3 heteroatoms. The van der Waals surface area contributed by atoms with Crippen molar-refractivity contribution in [2.45, 2.75) is 19.4 Å². The predicted octanol–water partition coefficient (Wildman–Crippen LogP) is 1.81. The number of carbonyl (C=O) groups excluding carboxylic acids is 1. The third kappa shape index (κ3) is 2.83. The molecule has 1 aliphatic rings. The molecule has 1 aromatic carbocycles. The molecule has 1 saturated heterocycles. The lowest BCUT2D eigenvalue weighted by atomic mass is 9.97. The Balaban J connectivity index is 1.96. The number of rotatable bonds is 3. The van der Waals surface area contributed by atoms with Crippen LogP contribution in [0.3, 0.4) is 0 Å². The summed E-state index contributed by atoms with van der Waals surface area (Å²) >= 11 is 0. The molecule has 3 nitrogen and oxygen atoms in total. The topological polar surface area (TPSA) is 35.5 Å². The first kappa shape index (κ1) is 11.1. The normalized spacial score (nSPS) is 24.3. The van der Waals surface area contributed by atoms with Gasteiger partial charge in [-0.05, 0) is 12.0 Å². The van der Waals surface area contributed by atoms with Gasteiger partial charge in [-0.2, -0.15) is 0 Å². The first-order valence-corrected chi connectivity index (χ1v) is 5.54. The molecule has 0 aliphatic carbocycles. The highest BCUT2D eigenvalue weighted by Gasteiger charge is 2.30. The van der Waals surface area contributed by atoms with Gasteiger partial charge in [-0.1, -0.05) is 30.3 Å². The van der Waals surface area contributed by atoms with E-state index in [1.54, 1.807) is 0 Å². The molecule has 16 heavy (non-hydrogen) atoms. The molecule has 1 aliphatic heterocycles. The molecular formula is C13H16O3. The molecule has 0 N–H and O–H groups in total. The molecular weight excluding hydrogens is 204 g/mol. The molecule has 86 valence electrons. The fourth-order valence-electron chi connectivity index (χ4n) is 2.03. The molecule has 2 atom stereocenters. The van der Waals surface area contributed by atoms with Crippen molar-refractivity contribution in [3.8, 4) is 0 Å². The summed E-state index contributed by atoms with van der Waals surface area (Å²) in [6.45, 7) is 2.64. The molecule has 0 unspecified atom stereocenters. The Labute approximate surface area is 95.4 Å². The van der Waals surface area contributed by atoms with Crippen molar-refractivity contribution in [2.24, 2.45) is 5.92 Å². The highest BCUT2D eigenvalue weighted by Crippen LogP contribution is 2.21. The second-order valence-electron chi connectivity index (χ2n) is 4.14. The third-order valence-corrected chi connectivity index (χ3v) is 2.80. The number of hydrogen-bond acceptors (Lipinski definition) is 3. The number of benzene rings is 1. The SMILES string of the molecule is CC(=O)O[C@@H]1COC[C@@H]1Cc1ccccc1. The van der Waals surface area contributed by atoms with E-state index in [2.05, 4.69) is 12.1 Å². The van der Waals surface area contributed by atoms with Crippen molar-refractivity contribution >= 4 is 5.97 Å². The van der Waals surface area contributed by atoms with Crippen LogP contribution >= 0.6 is 0 Å². The summed E-state index contributed by atoms with van der Waals surface area (Å²) < 4.78 is 10.6. The van der Waals surface area contributed by atoms with Gasteiger partial charge in [0.05, 0.1) is 13.2 Å². The Bertz CT molecular complexity index is 347. The van der Waals surface area contributed by atoms with Crippen LogP contribution in [0.25, 0.3) is 0 Å². The van der Waals surface area contributed by atoms with Crippen molar-refractivity contribution in [3.63, 3.8) is 0 Å². The lowest BCUT2D eigenvalue weighted by Crippen LogP contribution is -2.26. The smallest absolute Gasteiger partial charge is 0.302 e. The van der Waals surface area contributed by atoms with Crippen LogP contribution in [0.15, 0.2) is 30.3 Å². The van der Waals surface area contributed by atoms with Gasteiger partial charge in [-0.25, -0.2) is 0 Å². The number of ether oxygens (including phenoxy) is 2. The van der Waals surface area contributed by atoms with Gasteiger partial charge in [0, 0.05) is 12.8 Å². The van der Waals surface area contributed by atoms with Crippen LogP contribution in [0.4, 0.5) is 0 Å². The number of hydrogen-bond donors (Lipinski definition) is 0. The Hall–Kier alpha value is -1.35. The maximum Gasteiger partial charge on any atom is 0.302 e. The van der Waals surface area contributed by atoms with Crippen molar-refractivity contribution in [1.82, 2.24) is 0 Å². The van der Waals surface area contributed by atoms with Crippen molar-refractivity contribution in [2.75, 3.05) is 13.2 Å². The minimum absolute atomic E-state index is 0.0855. The van der Waals surface area contributed by atoms with E-state index in [1.807, 2.05) is 18.2 Å². The van der Waals surface area contributed by atoms with E-state index in [-0.39, 0.29) is 18.0 Å². The van der Waals surface area contributed by atoms with Crippen molar-refractivity contribution < 1.29 is 14.3 Å². The van der Waals surface area contributed by atoms with Gasteiger partial charge in [0.2, 0.25) is 0 Å². The van der Waals surface area contributed by atoms with Crippen molar-refractivity contribution in [3.05, 3.63) is 35.9 Å². The second kappa shape index (κ2) is 5.12. The maximum atomic E-state index is 10.9. The van der Waals surface area contributed by atoms with Crippen LogP contribution in [0.1, 0.15) is 12.5 Å². The molecule has 0 radical (unpaired) electrons. The Morgan fingerprint density at radius 2 is 2.12 bits per heavy atom. The molecule has 2 rings (SSSR count). The van der Waals surface area contributed by atoms with Gasteiger partial charge >= 0.3 is 5.97 Å². The number of carbonyl (C=O) groups is 1. The van der Waals surface area contributed by atoms with Gasteiger partial charge in [-0.3, -0.25) is 4.79 Å². The van der Waals surface area contributed by atoms with Gasteiger partial charge in [-0.15, -0.1) is 0 Å². The van der Waals surface area contributed by atoms with E-state index in [0.717, 1.165) is 6.42 Å². The summed E-state index contributed by atoms with van der Waals surface area (Å²) in [6, 6.07) is 10.2. The Kier molecular flexibility index (Phi) is 3.57. The summed E-state index contributed by atoms with van der Waals surface area (Å²) in [5.41, 5.74) is 1.26. The molecule has 1 aromatic rings. The molecule has 1 heterocycles. The average molecular weight is 220 g/mol. The monoisotopic (exact) mass is 220 g/mol. The summed E-state index contributed by atoms with van der Waals surface area (Å²) in [7, 11) is 0. The van der Waals surface area contributed by atoms with Crippen LogP contribution in [0.5, 0.6) is 0 Å². The Morgan fingerprint density at radius 1 is 1.38 bits per heavy atom. The highest BCUT2D eigenvalue weighted by molar-refractivity contribution is 5.66. The van der Waals surface area contributed by atoms with Gasteiger partial charge in [0.1, 0.15) is 6.10 Å². The van der Waals surface area contributed by atoms with E-state index in [9.17, 15) is 4.79 Å². The van der Waals surface area contributed by atoms with Crippen LogP contribution in [0, 0.1) is 5.92 Å². The van der Waals surface area contributed by atoms with Crippen LogP contribution in [0.2, 0.25) is 0 Å². The maximum absolute atomic E-state index is 10.9. The van der Waals surface area contributed by atoms with Crippen LogP contribution < -0.4 is 0 Å².